The first-order valence-electron chi connectivity index (χ1n) is 11.3. The van der Waals surface area contributed by atoms with Crippen LogP contribution in [-0.4, -0.2) is 59.5 Å². The van der Waals surface area contributed by atoms with Crippen molar-refractivity contribution in [3.05, 3.63) is 71.8 Å². The number of ether oxygens (including phenoxy) is 2. The molecule has 0 fully saturated rings. The van der Waals surface area contributed by atoms with Gasteiger partial charge in [-0.1, -0.05) is 18.2 Å². The molecule has 10 heteroatoms. The van der Waals surface area contributed by atoms with Gasteiger partial charge in [0.15, 0.2) is 11.5 Å². The summed E-state index contributed by atoms with van der Waals surface area (Å²) in [6, 6.07) is 10.4. The van der Waals surface area contributed by atoms with Gasteiger partial charge in [0.25, 0.3) is 11.8 Å². The average Bonchev–Trinajstić information content (AvgIpc) is 3.50. The van der Waals surface area contributed by atoms with Crippen LogP contribution in [0.2, 0.25) is 0 Å². The minimum atomic E-state index is -0.767. The lowest BCUT2D eigenvalue weighted by Gasteiger charge is -2.40. The molecule has 0 spiro atoms. The van der Waals surface area contributed by atoms with E-state index >= 15 is 0 Å². The number of nitrogens with zero attached hydrogens (tertiary/aromatic N) is 4. The van der Waals surface area contributed by atoms with Gasteiger partial charge in [0.1, 0.15) is 12.7 Å². The number of hydrogen-bond donors (Lipinski definition) is 1. The minimum Gasteiger partial charge on any atom is -0.493 e. The van der Waals surface area contributed by atoms with Gasteiger partial charge in [-0.05, 0) is 24.6 Å². The molecule has 0 saturated carbocycles. The molecule has 3 heterocycles. The van der Waals surface area contributed by atoms with Crippen molar-refractivity contribution in [2.24, 2.45) is 0 Å². The van der Waals surface area contributed by atoms with Crippen molar-refractivity contribution in [1.29, 1.82) is 0 Å². The number of aryl methyl sites for hydroxylation is 1. The summed E-state index contributed by atoms with van der Waals surface area (Å²) in [5, 5.41) is 2.88. The molecule has 5 rings (SSSR count). The van der Waals surface area contributed by atoms with Gasteiger partial charge in [-0.25, -0.2) is 4.98 Å². The molecule has 3 amide bonds. The molecule has 3 aromatic rings. The monoisotopic (exact) mass is 475 g/mol. The highest BCUT2D eigenvalue weighted by molar-refractivity contribution is 6.18. The van der Waals surface area contributed by atoms with Crippen LogP contribution in [0.3, 0.4) is 0 Å². The molecule has 2 aromatic carbocycles. The van der Waals surface area contributed by atoms with Crippen LogP contribution in [0, 0.1) is 0 Å². The number of carbonyl (C=O) groups excluding carboxylic acids is 3. The Morgan fingerprint density at radius 3 is 2.66 bits per heavy atom. The molecule has 1 aromatic heterocycles. The molecule has 0 aliphatic carbocycles. The van der Waals surface area contributed by atoms with Crippen molar-refractivity contribution in [3.8, 4) is 11.5 Å². The highest BCUT2D eigenvalue weighted by Gasteiger charge is 2.50. The van der Waals surface area contributed by atoms with Crippen LogP contribution in [0.5, 0.6) is 11.5 Å². The average molecular weight is 476 g/mol. The number of fused-ring (bicyclic) bond motifs is 5. The van der Waals surface area contributed by atoms with Crippen molar-refractivity contribution in [1.82, 2.24) is 19.8 Å². The van der Waals surface area contributed by atoms with Crippen molar-refractivity contribution >= 4 is 23.4 Å². The number of para-hydroxylation sites is 1. The van der Waals surface area contributed by atoms with Gasteiger partial charge in [0.2, 0.25) is 5.91 Å². The van der Waals surface area contributed by atoms with E-state index in [-0.39, 0.29) is 24.3 Å². The Morgan fingerprint density at radius 2 is 1.91 bits per heavy atom. The molecule has 10 nitrogen and oxygen atoms in total. The number of nitrogens with one attached hydrogen (secondary N) is 1. The number of hydrogen-bond acceptors (Lipinski definition) is 6. The van der Waals surface area contributed by atoms with Crippen LogP contribution < -0.4 is 19.7 Å². The van der Waals surface area contributed by atoms with E-state index in [0.717, 1.165) is 6.54 Å². The zero-order valence-electron chi connectivity index (χ0n) is 19.4. The van der Waals surface area contributed by atoms with Gasteiger partial charge in [-0.3, -0.25) is 19.3 Å². The summed E-state index contributed by atoms with van der Waals surface area (Å²) in [7, 11) is 2.97. The number of benzene rings is 2. The van der Waals surface area contributed by atoms with E-state index in [1.54, 1.807) is 53.8 Å². The first-order chi connectivity index (χ1) is 17.0. The predicted molar refractivity (Wildman–Crippen MR) is 126 cm³/mol. The molecule has 180 valence electrons. The molecule has 35 heavy (non-hydrogen) atoms. The van der Waals surface area contributed by atoms with Gasteiger partial charge >= 0.3 is 0 Å². The Hall–Kier alpha value is -4.34. The Bertz CT molecular complexity index is 1290. The smallest absolute Gasteiger partial charge is 0.264 e. The van der Waals surface area contributed by atoms with Crippen molar-refractivity contribution in [3.63, 3.8) is 0 Å². The minimum absolute atomic E-state index is 0.194. The molecular weight excluding hydrogens is 450 g/mol. The van der Waals surface area contributed by atoms with E-state index in [9.17, 15) is 14.4 Å². The first-order valence-corrected chi connectivity index (χ1v) is 11.3. The zero-order chi connectivity index (χ0) is 24.5. The normalized spacial score (nSPS) is 16.0. The molecular formula is C25H25N5O5. The molecule has 1 N–H and O–H groups in total. The van der Waals surface area contributed by atoms with Crippen molar-refractivity contribution in [2.45, 2.75) is 19.1 Å². The Labute approximate surface area is 202 Å². The number of rotatable bonds is 8. The molecule has 0 unspecified atom stereocenters. The van der Waals surface area contributed by atoms with Gasteiger partial charge in [-0.2, -0.15) is 0 Å². The lowest BCUT2D eigenvalue weighted by atomic mass is 10.0. The van der Waals surface area contributed by atoms with Crippen molar-refractivity contribution in [2.75, 3.05) is 32.2 Å². The Morgan fingerprint density at radius 1 is 1.09 bits per heavy atom. The van der Waals surface area contributed by atoms with Crippen LogP contribution in [0.25, 0.3) is 0 Å². The van der Waals surface area contributed by atoms with E-state index in [4.69, 9.17) is 9.47 Å². The van der Waals surface area contributed by atoms with Gasteiger partial charge in [0.05, 0.1) is 37.4 Å². The summed E-state index contributed by atoms with van der Waals surface area (Å²) in [6.07, 6.45) is 5.23. The summed E-state index contributed by atoms with van der Waals surface area (Å²) < 4.78 is 12.8. The molecule has 0 bridgehead atoms. The number of anilines is 1. The third-order valence-corrected chi connectivity index (χ3v) is 6.27. The topological polar surface area (TPSA) is 106 Å². The molecule has 2 aliphatic rings. The fourth-order valence-corrected chi connectivity index (χ4v) is 4.70. The summed E-state index contributed by atoms with van der Waals surface area (Å²) in [5.74, 6) is -0.207. The van der Waals surface area contributed by atoms with Gasteiger partial charge < -0.3 is 24.3 Å². The Kier molecular flexibility index (Phi) is 5.86. The first kappa shape index (κ1) is 22.5. The zero-order valence-corrected chi connectivity index (χ0v) is 19.4. The maximum absolute atomic E-state index is 13.6. The number of imidazole rings is 1. The van der Waals surface area contributed by atoms with E-state index in [0.29, 0.717) is 46.8 Å². The molecule has 1 atom stereocenters. The third-order valence-electron chi connectivity index (χ3n) is 6.27. The van der Waals surface area contributed by atoms with Gasteiger partial charge in [-0.15, -0.1) is 0 Å². The molecule has 0 radical (unpaired) electrons. The summed E-state index contributed by atoms with van der Waals surface area (Å²) in [6.45, 7) is 0.973. The summed E-state index contributed by atoms with van der Waals surface area (Å²) in [5.41, 5.74) is 1.78. The fourth-order valence-electron chi connectivity index (χ4n) is 4.70. The largest absolute Gasteiger partial charge is 0.493 e. The maximum Gasteiger partial charge on any atom is 0.264 e. The summed E-state index contributed by atoms with van der Waals surface area (Å²) >= 11 is 0. The lowest BCUT2D eigenvalue weighted by molar-refractivity contribution is -0.122. The maximum atomic E-state index is 13.6. The van der Waals surface area contributed by atoms with E-state index in [1.807, 2.05) is 10.8 Å². The number of aromatic nitrogens is 2. The van der Waals surface area contributed by atoms with Gasteiger partial charge in [0, 0.05) is 31.0 Å². The van der Waals surface area contributed by atoms with E-state index < -0.39 is 6.17 Å². The number of amides is 3. The lowest BCUT2D eigenvalue weighted by Crippen LogP contribution is -2.51. The third kappa shape index (κ3) is 3.76. The molecule has 0 saturated heterocycles. The highest BCUT2D eigenvalue weighted by Crippen LogP contribution is 2.49. The number of carbonyl (C=O) groups is 3. The fraction of sp³-hybridized carbons (Fsp3) is 0.280. The second-order valence-electron chi connectivity index (χ2n) is 8.27. The van der Waals surface area contributed by atoms with Crippen LogP contribution in [0.4, 0.5) is 5.69 Å². The molecule has 2 aliphatic heterocycles. The standard InChI is InChI=1S/C25H25N5O5/c1-34-19-9-8-17-21(22(19)35-2)25(33)30-18-7-4-3-6-16(18)24(32)29(23(17)30)14-20(31)27-10-5-12-28-13-11-26-15-28/h3-4,6-9,11,13,15,23H,5,10,12,14H2,1-2H3,(H,27,31)/t23-/m1/s1. The predicted octanol–water partition coefficient (Wildman–Crippen LogP) is 2.22. The number of methoxy groups -OCH3 is 2. The van der Waals surface area contributed by atoms with Crippen LogP contribution >= 0.6 is 0 Å². The highest BCUT2D eigenvalue weighted by atomic mass is 16.5. The van der Waals surface area contributed by atoms with E-state index in [1.165, 1.54) is 19.1 Å². The van der Waals surface area contributed by atoms with Crippen LogP contribution in [0.15, 0.2) is 55.1 Å². The van der Waals surface area contributed by atoms with E-state index in [2.05, 4.69) is 10.3 Å². The second kappa shape index (κ2) is 9.13. The van der Waals surface area contributed by atoms with Crippen LogP contribution in [0.1, 0.15) is 38.9 Å². The van der Waals surface area contributed by atoms with Crippen LogP contribution in [-0.2, 0) is 11.3 Å². The Balaban J connectivity index is 1.44. The van der Waals surface area contributed by atoms with Crippen molar-refractivity contribution < 1.29 is 23.9 Å². The SMILES string of the molecule is COc1ccc2c(c1OC)C(=O)N1c3ccccc3C(=O)N(CC(=O)NCCCn3ccnc3)[C@@H]21. The quantitative estimate of drug-likeness (QED) is 0.501. The second-order valence-corrected chi connectivity index (χ2v) is 8.27. The summed E-state index contributed by atoms with van der Waals surface area (Å²) in [4.78, 5) is 47.0.